The molecule has 0 spiro atoms. The summed E-state index contributed by atoms with van der Waals surface area (Å²) in [6.45, 7) is 5.81. The van der Waals surface area contributed by atoms with Crippen LogP contribution in [0.3, 0.4) is 0 Å². The molecule has 1 atom stereocenters. The molecule has 0 heterocycles. The SMILES string of the molecule is CC(C)C(C)NS(=O)(=O)Cc1ccccc1Cl. The minimum absolute atomic E-state index is 0.0796. The Morgan fingerprint density at radius 2 is 1.82 bits per heavy atom. The van der Waals surface area contributed by atoms with Gasteiger partial charge in [0.2, 0.25) is 10.0 Å². The maximum absolute atomic E-state index is 11.9. The fourth-order valence-corrected chi connectivity index (χ4v) is 3.15. The van der Waals surface area contributed by atoms with Crippen LogP contribution in [0.2, 0.25) is 5.02 Å². The Hall–Kier alpha value is -0.580. The number of nitrogens with one attached hydrogen (secondary N) is 1. The van der Waals surface area contributed by atoms with Crippen molar-refractivity contribution in [2.75, 3.05) is 0 Å². The second-order valence-corrected chi connectivity index (χ2v) is 6.66. The quantitative estimate of drug-likeness (QED) is 0.898. The summed E-state index contributed by atoms with van der Waals surface area (Å²) in [5.74, 6) is 0.181. The van der Waals surface area contributed by atoms with Gasteiger partial charge >= 0.3 is 0 Å². The molecule has 1 rings (SSSR count). The van der Waals surface area contributed by atoms with Crippen LogP contribution < -0.4 is 4.72 Å². The Kier molecular flexibility index (Phi) is 4.98. The maximum Gasteiger partial charge on any atom is 0.216 e. The first-order valence-electron chi connectivity index (χ1n) is 5.55. The van der Waals surface area contributed by atoms with E-state index in [9.17, 15) is 8.42 Å². The summed E-state index contributed by atoms with van der Waals surface area (Å²) in [5, 5.41) is 0.482. The predicted octanol–water partition coefficient (Wildman–Crippen LogP) is 2.80. The molecule has 1 aromatic rings. The normalized spacial score (nSPS) is 13.9. The Morgan fingerprint density at radius 3 is 2.35 bits per heavy atom. The van der Waals surface area contributed by atoms with E-state index in [0.29, 0.717) is 10.6 Å². The molecule has 3 nitrogen and oxygen atoms in total. The summed E-state index contributed by atoms with van der Waals surface area (Å²) < 4.78 is 26.4. The van der Waals surface area contributed by atoms with E-state index < -0.39 is 10.0 Å². The average Bonchev–Trinajstić information content (AvgIpc) is 2.20. The van der Waals surface area contributed by atoms with Crippen molar-refractivity contribution < 1.29 is 8.42 Å². The van der Waals surface area contributed by atoms with E-state index in [2.05, 4.69) is 4.72 Å². The molecule has 5 heteroatoms. The van der Waals surface area contributed by atoms with Crippen LogP contribution in [0.1, 0.15) is 26.3 Å². The first-order valence-corrected chi connectivity index (χ1v) is 7.58. The molecule has 0 saturated heterocycles. The third kappa shape index (κ3) is 4.66. The summed E-state index contributed by atoms with van der Waals surface area (Å²) in [4.78, 5) is 0. The largest absolute Gasteiger partial charge is 0.216 e. The molecule has 17 heavy (non-hydrogen) atoms. The van der Waals surface area contributed by atoms with Gasteiger partial charge in [-0.1, -0.05) is 43.6 Å². The van der Waals surface area contributed by atoms with E-state index in [0.717, 1.165) is 0 Å². The summed E-state index contributed by atoms with van der Waals surface area (Å²) >= 11 is 5.94. The van der Waals surface area contributed by atoms with E-state index in [-0.39, 0.29) is 17.7 Å². The van der Waals surface area contributed by atoms with Crippen LogP contribution in [-0.2, 0) is 15.8 Å². The van der Waals surface area contributed by atoms with Crippen LogP contribution in [-0.4, -0.2) is 14.5 Å². The molecule has 0 bridgehead atoms. The smallest absolute Gasteiger partial charge is 0.212 e. The van der Waals surface area contributed by atoms with Crippen LogP contribution >= 0.6 is 11.6 Å². The van der Waals surface area contributed by atoms with Crippen molar-refractivity contribution in [2.45, 2.75) is 32.6 Å². The fourth-order valence-electron chi connectivity index (χ4n) is 1.28. The van der Waals surface area contributed by atoms with Crippen molar-refractivity contribution in [3.05, 3.63) is 34.9 Å². The second-order valence-electron chi connectivity index (χ2n) is 4.50. The molecule has 0 aliphatic carbocycles. The Morgan fingerprint density at radius 1 is 1.24 bits per heavy atom. The number of halogens is 1. The van der Waals surface area contributed by atoms with E-state index in [4.69, 9.17) is 11.6 Å². The third-order valence-electron chi connectivity index (χ3n) is 2.67. The Labute approximate surface area is 108 Å². The van der Waals surface area contributed by atoms with Crippen LogP contribution in [0.15, 0.2) is 24.3 Å². The van der Waals surface area contributed by atoms with Crippen molar-refractivity contribution in [3.8, 4) is 0 Å². The second kappa shape index (κ2) is 5.85. The fraction of sp³-hybridized carbons (Fsp3) is 0.500. The van der Waals surface area contributed by atoms with Gasteiger partial charge in [-0.2, -0.15) is 0 Å². The summed E-state index contributed by atoms with van der Waals surface area (Å²) in [6.07, 6.45) is 0. The van der Waals surface area contributed by atoms with E-state index in [1.807, 2.05) is 20.8 Å². The van der Waals surface area contributed by atoms with Gasteiger partial charge in [-0.25, -0.2) is 13.1 Å². The number of rotatable bonds is 5. The Bertz CT molecular complexity index is 471. The van der Waals surface area contributed by atoms with Gasteiger partial charge in [0.1, 0.15) is 0 Å². The highest BCUT2D eigenvalue weighted by Crippen LogP contribution is 2.17. The van der Waals surface area contributed by atoms with Crippen LogP contribution in [0.4, 0.5) is 0 Å². The van der Waals surface area contributed by atoms with Gasteiger partial charge in [0.25, 0.3) is 0 Å². The van der Waals surface area contributed by atoms with Gasteiger partial charge < -0.3 is 0 Å². The molecule has 1 unspecified atom stereocenters. The number of hydrogen-bond acceptors (Lipinski definition) is 2. The maximum atomic E-state index is 11.9. The highest BCUT2D eigenvalue weighted by molar-refractivity contribution is 7.88. The lowest BCUT2D eigenvalue weighted by molar-refractivity contribution is 0.476. The van der Waals surface area contributed by atoms with E-state index >= 15 is 0 Å². The molecular weight excluding hydrogens is 258 g/mol. The third-order valence-corrected chi connectivity index (χ3v) is 4.46. The minimum atomic E-state index is -3.34. The highest BCUT2D eigenvalue weighted by atomic mass is 35.5. The molecule has 1 N–H and O–H groups in total. The van der Waals surface area contributed by atoms with E-state index in [1.165, 1.54) is 0 Å². The molecule has 0 radical (unpaired) electrons. The van der Waals surface area contributed by atoms with Crippen molar-refractivity contribution >= 4 is 21.6 Å². The van der Waals surface area contributed by atoms with Crippen LogP contribution in [0, 0.1) is 5.92 Å². The molecule has 0 aromatic heterocycles. The molecule has 0 saturated carbocycles. The van der Waals surface area contributed by atoms with Crippen molar-refractivity contribution in [2.24, 2.45) is 5.92 Å². The molecule has 0 amide bonds. The van der Waals surface area contributed by atoms with Gasteiger partial charge in [0.15, 0.2) is 0 Å². The summed E-state index contributed by atoms with van der Waals surface area (Å²) in [7, 11) is -3.34. The lowest BCUT2D eigenvalue weighted by atomic mass is 10.1. The molecule has 96 valence electrons. The van der Waals surface area contributed by atoms with Gasteiger partial charge in [-0.3, -0.25) is 0 Å². The molecule has 0 aliphatic rings. The number of hydrogen-bond donors (Lipinski definition) is 1. The lowest BCUT2D eigenvalue weighted by Gasteiger charge is -2.17. The Balaban J connectivity index is 2.77. The topological polar surface area (TPSA) is 46.2 Å². The summed E-state index contributed by atoms with van der Waals surface area (Å²) in [5.41, 5.74) is 0.623. The number of benzene rings is 1. The van der Waals surface area contributed by atoms with Crippen LogP contribution in [0.5, 0.6) is 0 Å². The summed E-state index contributed by atoms with van der Waals surface area (Å²) in [6, 6.07) is 6.90. The monoisotopic (exact) mass is 275 g/mol. The van der Waals surface area contributed by atoms with Gasteiger partial charge in [0.05, 0.1) is 5.75 Å². The molecule has 1 aromatic carbocycles. The van der Waals surface area contributed by atoms with Crippen LogP contribution in [0.25, 0.3) is 0 Å². The van der Waals surface area contributed by atoms with Gasteiger partial charge in [0, 0.05) is 11.1 Å². The standard InChI is InChI=1S/C12H18ClNO2S/c1-9(2)10(3)14-17(15,16)8-11-6-4-5-7-12(11)13/h4-7,9-10,14H,8H2,1-3H3. The van der Waals surface area contributed by atoms with E-state index in [1.54, 1.807) is 24.3 Å². The first kappa shape index (κ1) is 14.5. The zero-order valence-corrected chi connectivity index (χ0v) is 11.8. The minimum Gasteiger partial charge on any atom is -0.212 e. The lowest BCUT2D eigenvalue weighted by Crippen LogP contribution is -2.36. The average molecular weight is 276 g/mol. The highest BCUT2D eigenvalue weighted by Gasteiger charge is 2.18. The van der Waals surface area contributed by atoms with Crippen molar-refractivity contribution in [3.63, 3.8) is 0 Å². The van der Waals surface area contributed by atoms with Crippen molar-refractivity contribution in [1.29, 1.82) is 0 Å². The first-order chi connectivity index (χ1) is 7.82. The molecule has 0 aliphatic heterocycles. The predicted molar refractivity (Wildman–Crippen MR) is 71.5 cm³/mol. The molecular formula is C12H18ClNO2S. The van der Waals surface area contributed by atoms with Gasteiger partial charge in [-0.15, -0.1) is 0 Å². The zero-order valence-electron chi connectivity index (χ0n) is 10.3. The number of sulfonamides is 1. The molecule has 0 fully saturated rings. The zero-order chi connectivity index (χ0) is 13.1. The van der Waals surface area contributed by atoms with Gasteiger partial charge in [-0.05, 0) is 24.5 Å². The van der Waals surface area contributed by atoms with Crippen molar-refractivity contribution in [1.82, 2.24) is 4.72 Å².